The molecule has 0 aliphatic carbocycles. The van der Waals surface area contributed by atoms with Crippen LogP contribution in [0.15, 0.2) is 15.9 Å². The highest BCUT2D eigenvalue weighted by Gasteiger charge is 2.03. The first-order valence-electron chi connectivity index (χ1n) is 4.35. The summed E-state index contributed by atoms with van der Waals surface area (Å²) < 4.78 is 1.06. The Morgan fingerprint density at radius 1 is 1.64 bits per heavy atom. The first-order valence-corrected chi connectivity index (χ1v) is 6.02. The third-order valence-electron chi connectivity index (χ3n) is 1.46. The third kappa shape index (κ3) is 4.11. The van der Waals surface area contributed by atoms with Gasteiger partial charge in [0.2, 0.25) is 0 Å². The first-order chi connectivity index (χ1) is 6.58. The van der Waals surface area contributed by atoms with E-state index < -0.39 is 0 Å². The van der Waals surface area contributed by atoms with Crippen molar-refractivity contribution in [1.29, 1.82) is 0 Å². The SMILES string of the molecule is CC(C)NC(=O)NCc1cc(Br)cs1. The summed E-state index contributed by atoms with van der Waals surface area (Å²) in [5.41, 5.74) is 0. The molecular weight excluding hydrogens is 264 g/mol. The van der Waals surface area contributed by atoms with Crippen LogP contribution in [0.4, 0.5) is 4.79 Å². The van der Waals surface area contributed by atoms with Crippen LogP contribution in [-0.4, -0.2) is 12.1 Å². The topological polar surface area (TPSA) is 41.1 Å². The van der Waals surface area contributed by atoms with Crippen molar-refractivity contribution in [2.75, 3.05) is 0 Å². The number of amides is 2. The summed E-state index contributed by atoms with van der Waals surface area (Å²) in [5.74, 6) is 0. The highest BCUT2D eigenvalue weighted by Crippen LogP contribution is 2.19. The van der Waals surface area contributed by atoms with Gasteiger partial charge in [-0.05, 0) is 35.8 Å². The van der Waals surface area contributed by atoms with E-state index >= 15 is 0 Å². The number of thiophene rings is 1. The van der Waals surface area contributed by atoms with Crippen LogP contribution in [0.25, 0.3) is 0 Å². The van der Waals surface area contributed by atoms with Crippen molar-refractivity contribution in [2.45, 2.75) is 26.4 Å². The van der Waals surface area contributed by atoms with Gasteiger partial charge in [0.25, 0.3) is 0 Å². The molecule has 0 bridgehead atoms. The molecule has 0 radical (unpaired) electrons. The Morgan fingerprint density at radius 3 is 2.86 bits per heavy atom. The largest absolute Gasteiger partial charge is 0.336 e. The van der Waals surface area contributed by atoms with E-state index in [0.29, 0.717) is 6.54 Å². The lowest BCUT2D eigenvalue weighted by molar-refractivity contribution is 0.238. The Balaban J connectivity index is 2.30. The molecule has 0 aliphatic rings. The maximum absolute atomic E-state index is 11.2. The molecule has 0 aliphatic heterocycles. The summed E-state index contributed by atoms with van der Waals surface area (Å²) in [5, 5.41) is 7.54. The second kappa shape index (κ2) is 5.36. The highest BCUT2D eigenvalue weighted by molar-refractivity contribution is 9.10. The van der Waals surface area contributed by atoms with Gasteiger partial charge in [-0.1, -0.05) is 0 Å². The maximum atomic E-state index is 11.2. The molecule has 1 aromatic heterocycles. The number of urea groups is 1. The highest BCUT2D eigenvalue weighted by atomic mass is 79.9. The van der Waals surface area contributed by atoms with Gasteiger partial charge in [0.05, 0.1) is 6.54 Å². The summed E-state index contributed by atoms with van der Waals surface area (Å²) in [7, 11) is 0. The molecule has 2 amide bonds. The number of carbonyl (C=O) groups excluding carboxylic acids is 1. The van der Waals surface area contributed by atoms with Crippen molar-refractivity contribution in [3.8, 4) is 0 Å². The molecule has 5 heteroatoms. The fourth-order valence-electron chi connectivity index (χ4n) is 0.927. The van der Waals surface area contributed by atoms with Crippen molar-refractivity contribution in [3.05, 3.63) is 20.8 Å². The van der Waals surface area contributed by atoms with E-state index in [2.05, 4.69) is 26.6 Å². The number of rotatable bonds is 3. The van der Waals surface area contributed by atoms with Gasteiger partial charge in [-0.25, -0.2) is 4.79 Å². The lowest BCUT2D eigenvalue weighted by Crippen LogP contribution is -2.38. The van der Waals surface area contributed by atoms with Gasteiger partial charge in [-0.2, -0.15) is 0 Å². The third-order valence-corrected chi connectivity index (χ3v) is 3.16. The molecule has 3 nitrogen and oxygen atoms in total. The van der Waals surface area contributed by atoms with Crippen molar-refractivity contribution in [3.63, 3.8) is 0 Å². The Hall–Kier alpha value is -0.550. The Morgan fingerprint density at radius 2 is 2.36 bits per heavy atom. The second-order valence-corrected chi connectivity index (χ2v) is 5.12. The first kappa shape index (κ1) is 11.5. The lowest BCUT2D eigenvalue weighted by Gasteiger charge is -2.08. The minimum atomic E-state index is -0.121. The lowest BCUT2D eigenvalue weighted by atomic mass is 10.4. The van der Waals surface area contributed by atoms with Crippen LogP contribution in [-0.2, 0) is 6.54 Å². The van der Waals surface area contributed by atoms with Gasteiger partial charge < -0.3 is 10.6 Å². The molecule has 1 rings (SSSR count). The fourth-order valence-corrected chi connectivity index (χ4v) is 2.32. The minimum absolute atomic E-state index is 0.121. The number of nitrogens with one attached hydrogen (secondary N) is 2. The maximum Gasteiger partial charge on any atom is 0.315 e. The van der Waals surface area contributed by atoms with Crippen LogP contribution < -0.4 is 10.6 Å². The van der Waals surface area contributed by atoms with E-state index in [1.807, 2.05) is 25.3 Å². The zero-order chi connectivity index (χ0) is 10.6. The quantitative estimate of drug-likeness (QED) is 0.876. The average Bonchev–Trinajstić information content (AvgIpc) is 2.47. The van der Waals surface area contributed by atoms with Crippen molar-refractivity contribution in [2.24, 2.45) is 0 Å². The summed E-state index contributed by atoms with van der Waals surface area (Å²) in [6, 6.07) is 2.05. The van der Waals surface area contributed by atoms with Crippen LogP contribution in [0.5, 0.6) is 0 Å². The van der Waals surface area contributed by atoms with Crippen LogP contribution in [0.2, 0.25) is 0 Å². The fraction of sp³-hybridized carbons (Fsp3) is 0.444. The summed E-state index contributed by atoms with van der Waals surface area (Å²) in [6.45, 7) is 4.44. The van der Waals surface area contributed by atoms with Crippen molar-refractivity contribution >= 4 is 33.3 Å². The zero-order valence-electron chi connectivity index (χ0n) is 8.13. The van der Waals surface area contributed by atoms with E-state index in [1.165, 1.54) is 0 Å². The Labute approximate surface area is 96.0 Å². The van der Waals surface area contributed by atoms with Crippen LogP contribution in [0, 0.1) is 0 Å². The van der Waals surface area contributed by atoms with E-state index in [-0.39, 0.29) is 12.1 Å². The zero-order valence-corrected chi connectivity index (χ0v) is 10.5. The summed E-state index contributed by atoms with van der Waals surface area (Å²) in [6.07, 6.45) is 0. The Bertz CT molecular complexity index is 312. The second-order valence-electron chi connectivity index (χ2n) is 3.21. The molecule has 0 aromatic carbocycles. The Kier molecular flexibility index (Phi) is 4.41. The van der Waals surface area contributed by atoms with Crippen LogP contribution in [0.1, 0.15) is 18.7 Å². The predicted molar refractivity (Wildman–Crippen MR) is 62.5 cm³/mol. The molecule has 78 valence electrons. The van der Waals surface area contributed by atoms with Crippen molar-refractivity contribution in [1.82, 2.24) is 10.6 Å². The monoisotopic (exact) mass is 276 g/mol. The van der Waals surface area contributed by atoms with Gasteiger partial charge in [-0.3, -0.25) is 0 Å². The van der Waals surface area contributed by atoms with E-state index in [0.717, 1.165) is 9.35 Å². The summed E-state index contributed by atoms with van der Waals surface area (Å²) in [4.78, 5) is 12.3. The van der Waals surface area contributed by atoms with Crippen LogP contribution in [0.3, 0.4) is 0 Å². The van der Waals surface area contributed by atoms with Gasteiger partial charge in [0.15, 0.2) is 0 Å². The molecule has 0 saturated heterocycles. The van der Waals surface area contributed by atoms with Gasteiger partial charge in [-0.15, -0.1) is 11.3 Å². The standard InChI is InChI=1S/C9H13BrN2OS/c1-6(2)12-9(13)11-4-8-3-7(10)5-14-8/h3,5-6H,4H2,1-2H3,(H2,11,12,13). The molecule has 0 spiro atoms. The molecule has 0 unspecified atom stereocenters. The van der Waals surface area contributed by atoms with Crippen molar-refractivity contribution < 1.29 is 4.79 Å². The number of halogens is 1. The summed E-state index contributed by atoms with van der Waals surface area (Å²) >= 11 is 4.98. The molecule has 1 heterocycles. The van der Waals surface area contributed by atoms with Crippen LogP contribution >= 0.6 is 27.3 Å². The van der Waals surface area contributed by atoms with E-state index in [9.17, 15) is 4.79 Å². The predicted octanol–water partition coefficient (Wildman–Crippen LogP) is 2.72. The molecule has 0 atom stereocenters. The smallest absolute Gasteiger partial charge is 0.315 e. The molecule has 0 fully saturated rings. The molecular formula is C9H13BrN2OS. The minimum Gasteiger partial charge on any atom is -0.336 e. The molecule has 2 N–H and O–H groups in total. The molecule has 0 saturated carbocycles. The van der Waals surface area contributed by atoms with E-state index in [1.54, 1.807) is 11.3 Å². The van der Waals surface area contributed by atoms with Gasteiger partial charge in [0, 0.05) is 20.8 Å². The van der Waals surface area contributed by atoms with Gasteiger partial charge in [0.1, 0.15) is 0 Å². The average molecular weight is 277 g/mol. The van der Waals surface area contributed by atoms with E-state index in [4.69, 9.17) is 0 Å². The molecule has 14 heavy (non-hydrogen) atoms. The van der Waals surface area contributed by atoms with Gasteiger partial charge >= 0.3 is 6.03 Å². The number of hydrogen-bond donors (Lipinski definition) is 2. The normalized spacial score (nSPS) is 10.3. The molecule has 1 aromatic rings. The number of hydrogen-bond acceptors (Lipinski definition) is 2. The number of carbonyl (C=O) groups is 1.